The fourth-order valence-corrected chi connectivity index (χ4v) is 3.39. The monoisotopic (exact) mass is 418 g/mol. The topological polar surface area (TPSA) is 87.9 Å². The van der Waals surface area contributed by atoms with Gasteiger partial charge in [0.2, 0.25) is 0 Å². The van der Waals surface area contributed by atoms with Crippen LogP contribution in [-0.4, -0.2) is 15.9 Å². The Labute approximate surface area is 179 Å². The molecule has 0 atom stereocenters. The second-order valence-electron chi connectivity index (χ2n) is 7.59. The largest absolute Gasteiger partial charge is 0.487 e. The molecule has 0 aliphatic rings. The van der Waals surface area contributed by atoms with E-state index in [9.17, 15) is 10.1 Å². The van der Waals surface area contributed by atoms with Gasteiger partial charge in [-0.05, 0) is 35.9 Å². The Morgan fingerprint density at radius 1 is 1.23 bits per heavy atom. The maximum atomic E-state index is 12.5. The Morgan fingerprint density at radius 3 is 2.60 bits per heavy atom. The van der Waals surface area contributed by atoms with Crippen molar-refractivity contribution in [3.8, 4) is 11.8 Å². The van der Waals surface area contributed by atoms with E-state index >= 15 is 0 Å². The van der Waals surface area contributed by atoms with Crippen LogP contribution in [0.15, 0.2) is 59.6 Å². The summed E-state index contributed by atoms with van der Waals surface area (Å²) in [4.78, 5) is 21.1. The van der Waals surface area contributed by atoms with Crippen LogP contribution in [0, 0.1) is 11.3 Å². The number of aromatic nitrogens is 2. The molecule has 3 aromatic rings. The van der Waals surface area contributed by atoms with Gasteiger partial charge in [-0.3, -0.25) is 15.1 Å². The van der Waals surface area contributed by atoms with Crippen LogP contribution in [0.25, 0.3) is 6.08 Å². The Kier molecular flexibility index (Phi) is 6.60. The number of carbonyl (C=O) groups is 1. The van der Waals surface area contributed by atoms with Crippen molar-refractivity contribution >= 4 is 28.5 Å². The van der Waals surface area contributed by atoms with E-state index in [0.717, 1.165) is 17.0 Å². The summed E-state index contributed by atoms with van der Waals surface area (Å²) < 4.78 is 5.70. The molecule has 7 heteroatoms. The molecule has 0 radical (unpaired) electrons. The third-order valence-electron chi connectivity index (χ3n) is 4.16. The van der Waals surface area contributed by atoms with E-state index in [1.165, 1.54) is 17.4 Å². The molecule has 1 amide bonds. The summed E-state index contributed by atoms with van der Waals surface area (Å²) in [6.45, 7) is 6.53. The Morgan fingerprint density at radius 2 is 2.00 bits per heavy atom. The van der Waals surface area contributed by atoms with E-state index in [0.29, 0.717) is 17.5 Å². The van der Waals surface area contributed by atoms with Crippen molar-refractivity contribution in [3.05, 3.63) is 76.6 Å². The number of ether oxygens (including phenoxy) is 1. The van der Waals surface area contributed by atoms with Crippen LogP contribution in [0.1, 0.15) is 37.7 Å². The Bertz CT molecular complexity index is 1070. The molecular formula is C23H22N4O2S. The summed E-state index contributed by atoms with van der Waals surface area (Å²) >= 11 is 1.34. The van der Waals surface area contributed by atoms with Crippen molar-refractivity contribution in [2.75, 3.05) is 5.32 Å². The zero-order valence-electron chi connectivity index (χ0n) is 17.0. The molecule has 0 spiro atoms. The minimum absolute atomic E-state index is 0.00432. The fourth-order valence-electron chi connectivity index (χ4n) is 2.46. The molecule has 6 nitrogen and oxygen atoms in total. The van der Waals surface area contributed by atoms with E-state index in [4.69, 9.17) is 4.74 Å². The van der Waals surface area contributed by atoms with Crippen LogP contribution in [0.2, 0.25) is 0 Å². The number of thiazole rings is 1. The predicted octanol–water partition coefficient (Wildman–Crippen LogP) is 4.96. The third-order valence-corrected chi connectivity index (χ3v) is 4.92. The molecule has 0 saturated carbocycles. The second kappa shape index (κ2) is 9.33. The van der Waals surface area contributed by atoms with Gasteiger partial charge in [-0.1, -0.05) is 39.0 Å². The molecule has 2 heterocycles. The number of pyridine rings is 1. The number of carbonyl (C=O) groups excluding carboxylic acids is 1. The van der Waals surface area contributed by atoms with Crippen molar-refractivity contribution < 1.29 is 9.53 Å². The molecule has 30 heavy (non-hydrogen) atoms. The number of nitrogens with zero attached hydrogens (tertiary/aromatic N) is 3. The average molecular weight is 419 g/mol. The lowest BCUT2D eigenvalue weighted by atomic mass is 9.93. The van der Waals surface area contributed by atoms with Gasteiger partial charge in [-0.15, -0.1) is 11.3 Å². The van der Waals surface area contributed by atoms with E-state index in [2.05, 4.69) is 36.1 Å². The van der Waals surface area contributed by atoms with Gasteiger partial charge in [0.05, 0.1) is 11.4 Å². The Hall–Kier alpha value is -3.50. The van der Waals surface area contributed by atoms with Crippen molar-refractivity contribution in [2.45, 2.75) is 32.8 Å². The molecule has 0 saturated heterocycles. The Balaban J connectivity index is 1.64. The summed E-state index contributed by atoms with van der Waals surface area (Å²) in [6.07, 6.45) is 3.26. The average Bonchev–Trinajstić information content (AvgIpc) is 3.21. The minimum Gasteiger partial charge on any atom is -0.487 e. The fraction of sp³-hybridized carbons (Fsp3) is 0.217. The molecule has 2 aromatic heterocycles. The van der Waals surface area contributed by atoms with E-state index in [1.54, 1.807) is 30.5 Å². The number of anilines is 1. The normalized spacial score (nSPS) is 11.6. The van der Waals surface area contributed by atoms with Gasteiger partial charge in [-0.25, -0.2) is 4.98 Å². The number of hydrogen-bond donors (Lipinski definition) is 1. The van der Waals surface area contributed by atoms with Crippen molar-refractivity contribution in [3.63, 3.8) is 0 Å². The van der Waals surface area contributed by atoms with Crippen molar-refractivity contribution in [2.24, 2.45) is 0 Å². The van der Waals surface area contributed by atoms with E-state index in [-0.39, 0.29) is 11.0 Å². The van der Waals surface area contributed by atoms with Gasteiger partial charge >= 0.3 is 0 Å². The number of rotatable bonds is 6. The number of hydrogen-bond acceptors (Lipinski definition) is 6. The first-order chi connectivity index (χ1) is 14.3. The highest BCUT2D eigenvalue weighted by Gasteiger charge is 2.19. The van der Waals surface area contributed by atoms with E-state index < -0.39 is 5.91 Å². The van der Waals surface area contributed by atoms with Gasteiger partial charge < -0.3 is 4.74 Å². The molecule has 0 unspecified atom stereocenters. The van der Waals surface area contributed by atoms with Gasteiger partial charge in [0.15, 0.2) is 5.13 Å². The van der Waals surface area contributed by atoms with E-state index in [1.807, 2.05) is 29.6 Å². The highest BCUT2D eigenvalue weighted by atomic mass is 32.1. The molecule has 1 aromatic carbocycles. The molecule has 0 aliphatic heterocycles. The lowest BCUT2D eigenvalue weighted by Gasteiger charge is -2.14. The summed E-state index contributed by atoms with van der Waals surface area (Å²) in [5.41, 5.74) is 2.35. The SMILES string of the molecule is CC(C)(C)c1csc(NC(=O)/C(C#N)=C/c2ccc(OCc3ccccn3)cc2)n1. The third kappa shape index (κ3) is 5.75. The number of benzene rings is 1. The quantitative estimate of drug-likeness (QED) is 0.451. The number of nitriles is 1. The summed E-state index contributed by atoms with van der Waals surface area (Å²) in [6, 6.07) is 14.8. The predicted molar refractivity (Wildman–Crippen MR) is 118 cm³/mol. The molecular weight excluding hydrogens is 396 g/mol. The van der Waals surface area contributed by atoms with Crippen LogP contribution in [-0.2, 0) is 16.8 Å². The van der Waals surface area contributed by atoms with Crippen LogP contribution < -0.4 is 10.1 Å². The van der Waals surface area contributed by atoms with Crippen LogP contribution >= 0.6 is 11.3 Å². The molecule has 3 rings (SSSR count). The van der Waals surface area contributed by atoms with Gasteiger partial charge in [0.1, 0.15) is 24.0 Å². The van der Waals surface area contributed by atoms with Crippen LogP contribution in [0.4, 0.5) is 5.13 Å². The lowest BCUT2D eigenvalue weighted by molar-refractivity contribution is -0.112. The lowest BCUT2D eigenvalue weighted by Crippen LogP contribution is -2.15. The molecule has 0 bridgehead atoms. The van der Waals surface area contributed by atoms with Crippen LogP contribution in [0.5, 0.6) is 5.75 Å². The van der Waals surface area contributed by atoms with Crippen LogP contribution in [0.3, 0.4) is 0 Å². The highest BCUT2D eigenvalue weighted by Crippen LogP contribution is 2.26. The molecule has 0 aliphatic carbocycles. The van der Waals surface area contributed by atoms with Gasteiger partial charge in [0.25, 0.3) is 5.91 Å². The molecule has 152 valence electrons. The smallest absolute Gasteiger partial charge is 0.268 e. The minimum atomic E-state index is -0.484. The maximum Gasteiger partial charge on any atom is 0.268 e. The summed E-state index contributed by atoms with van der Waals surface area (Å²) in [5.74, 6) is 0.195. The van der Waals surface area contributed by atoms with Crippen molar-refractivity contribution in [1.82, 2.24) is 9.97 Å². The standard InChI is InChI=1S/C23H22N4O2S/c1-23(2,3)20-15-30-22(26-20)27-21(28)17(13-24)12-16-7-9-19(10-8-16)29-14-18-6-4-5-11-25-18/h4-12,15H,14H2,1-3H3,(H,26,27,28)/b17-12+. The summed E-state index contributed by atoms with van der Waals surface area (Å²) in [7, 11) is 0. The zero-order chi connectivity index (χ0) is 21.6. The van der Waals surface area contributed by atoms with Gasteiger partial charge in [-0.2, -0.15) is 5.26 Å². The van der Waals surface area contributed by atoms with Gasteiger partial charge in [0, 0.05) is 17.0 Å². The number of amides is 1. The summed E-state index contributed by atoms with van der Waals surface area (Å²) in [5, 5.41) is 14.5. The highest BCUT2D eigenvalue weighted by molar-refractivity contribution is 7.14. The molecule has 0 fully saturated rings. The molecule has 1 N–H and O–H groups in total. The first-order valence-electron chi connectivity index (χ1n) is 9.37. The number of nitrogens with one attached hydrogen (secondary N) is 1. The van der Waals surface area contributed by atoms with Crippen molar-refractivity contribution in [1.29, 1.82) is 5.26 Å². The second-order valence-corrected chi connectivity index (χ2v) is 8.45. The maximum absolute atomic E-state index is 12.5. The zero-order valence-corrected chi connectivity index (χ0v) is 17.9. The first-order valence-corrected chi connectivity index (χ1v) is 10.2. The first kappa shape index (κ1) is 21.2.